The Bertz CT molecular complexity index is 505. The van der Waals surface area contributed by atoms with E-state index >= 15 is 0 Å². The van der Waals surface area contributed by atoms with Crippen LogP contribution in [0.4, 0.5) is 0 Å². The number of nitrogens with zero attached hydrogens (tertiary/aromatic N) is 1. The molecule has 0 amide bonds. The zero-order valence-corrected chi connectivity index (χ0v) is 12.7. The first-order valence-electron chi connectivity index (χ1n) is 7.83. The van der Waals surface area contributed by atoms with Gasteiger partial charge in [0.1, 0.15) is 0 Å². The minimum Gasteiger partial charge on any atom is -0.362 e. The van der Waals surface area contributed by atoms with Crippen LogP contribution in [-0.4, -0.2) is 23.5 Å². The molecule has 0 radical (unpaired) electrons. The minimum atomic E-state index is 0.554. The van der Waals surface area contributed by atoms with Gasteiger partial charge in [0.25, 0.3) is 0 Å². The number of rotatable bonds is 2. The highest BCUT2D eigenvalue weighted by Gasteiger charge is 2.41. The summed E-state index contributed by atoms with van der Waals surface area (Å²) in [7, 11) is 0. The van der Waals surface area contributed by atoms with Crippen LogP contribution in [0.25, 0.3) is 0 Å². The van der Waals surface area contributed by atoms with Gasteiger partial charge in [-0.15, -0.1) is 0 Å². The standard InChI is InChI=1S/C17H22N2S/c1-2-6-13(7-3-1)14-10-15(14)19-16-18-11-17(12-20-16)8-4-5-9-17/h1-3,6-7,14-15H,4-5,8-12H2,(H,18,19). The second kappa shape index (κ2) is 5.10. The molecule has 3 aliphatic rings. The average molecular weight is 286 g/mol. The summed E-state index contributed by atoms with van der Waals surface area (Å²) in [4.78, 5) is 4.84. The second-order valence-corrected chi connectivity index (χ2v) is 7.58. The highest BCUT2D eigenvalue weighted by Crippen LogP contribution is 2.45. The number of hydrogen-bond acceptors (Lipinski definition) is 3. The SMILES string of the molecule is c1ccc(C2CC2NC2=NCC3(CCCC3)CS2)cc1. The van der Waals surface area contributed by atoms with E-state index in [2.05, 4.69) is 35.6 Å². The minimum absolute atomic E-state index is 0.554. The Labute approximate surface area is 125 Å². The molecule has 0 bridgehead atoms. The normalized spacial score (nSPS) is 31.1. The molecule has 0 aromatic heterocycles. The van der Waals surface area contributed by atoms with Gasteiger partial charge in [-0.05, 0) is 30.2 Å². The van der Waals surface area contributed by atoms with E-state index in [1.807, 2.05) is 11.8 Å². The summed E-state index contributed by atoms with van der Waals surface area (Å²) in [6, 6.07) is 11.5. The number of benzene rings is 1. The van der Waals surface area contributed by atoms with Gasteiger partial charge in [-0.2, -0.15) is 0 Å². The van der Waals surface area contributed by atoms with Crippen LogP contribution in [0.5, 0.6) is 0 Å². The van der Waals surface area contributed by atoms with Crippen molar-refractivity contribution in [2.24, 2.45) is 10.4 Å². The Morgan fingerprint density at radius 2 is 1.95 bits per heavy atom. The largest absolute Gasteiger partial charge is 0.362 e. The molecule has 1 aliphatic heterocycles. The zero-order valence-electron chi connectivity index (χ0n) is 11.8. The van der Waals surface area contributed by atoms with Gasteiger partial charge in [-0.25, -0.2) is 0 Å². The van der Waals surface area contributed by atoms with Crippen LogP contribution in [0.3, 0.4) is 0 Å². The van der Waals surface area contributed by atoms with Crippen molar-refractivity contribution in [2.75, 3.05) is 12.3 Å². The topological polar surface area (TPSA) is 24.4 Å². The van der Waals surface area contributed by atoms with E-state index in [4.69, 9.17) is 4.99 Å². The third kappa shape index (κ3) is 2.48. The molecule has 1 heterocycles. The van der Waals surface area contributed by atoms with Gasteiger partial charge in [-0.1, -0.05) is 54.9 Å². The molecule has 20 heavy (non-hydrogen) atoms. The summed E-state index contributed by atoms with van der Waals surface area (Å²) in [6.07, 6.45) is 6.88. The van der Waals surface area contributed by atoms with E-state index in [0.29, 0.717) is 17.4 Å². The van der Waals surface area contributed by atoms with Gasteiger partial charge < -0.3 is 5.32 Å². The molecular weight excluding hydrogens is 264 g/mol. The number of nitrogens with one attached hydrogen (secondary N) is 1. The fourth-order valence-electron chi connectivity index (χ4n) is 3.65. The number of hydrogen-bond donors (Lipinski definition) is 1. The van der Waals surface area contributed by atoms with Crippen LogP contribution in [0, 0.1) is 5.41 Å². The molecular formula is C17H22N2S. The molecule has 0 saturated heterocycles. The van der Waals surface area contributed by atoms with Gasteiger partial charge in [0.2, 0.25) is 0 Å². The maximum absolute atomic E-state index is 4.84. The number of aliphatic imine (C=N–C) groups is 1. The summed E-state index contributed by atoms with van der Waals surface area (Å²) in [5.74, 6) is 1.98. The molecule has 4 rings (SSSR count). The van der Waals surface area contributed by atoms with Gasteiger partial charge in [-0.3, -0.25) is 4.99 Å². The molecule has 2 fully saturated rings. The van der Waals surface area contributed by atoms with Crippen LogP contribution >= 0.6 is 11.8 Å². The highest BCUT2D eigenvalue weighted by atomic mass is 32.2. The Morgan fingerprint density at radius 1 is 1.15 bits per heavy atom. The smallest absolute Gasteiger partial charge is 0.156 e. The van der Waals surface area contributed by atoms with Crippen LogP contribution in [-0.2, 0) is 0 Å². The second-order valence-electron chi connectivity index (χ2n) is 6.62. The molecule has 1 spiro atoms. The van der Waals surface area contributed by atoms with Crippen LogP contribution in [0.2, 0.25) is 0 Å². The Hall–Kier alpha value is -0.960. The first-order chi connectivity index (χ1) is 9.85. The van der Waals surface area contributed by atoms with Gasteiger partial charge in [0.15, 0.2) is 5.17 Å². The fraction of sp³-hybridized carbons (Fsp3) is 0.588. The summed E-state index contributed by atoms with van der Waals surface area (Å²) in [5.41, 5.74) is 2.02. The van der Waals surface area contributed by atoms with Crippen LogP contribution < -0.4 is 5.32 Å². The molecule has 1 aromatic rings. The van der Waals surface area contributed by atoms with E-state index in [0.717, 1.165) is 6.54 Å². The molecule has 1 aromatic carbocycles. The number of amidine groups is 1. The summed E-state index contributed by atoms with van der Waals surface area (Å²) >= 11 is 1.96. The highest BCUT2D eigenvalue weighted by molar-refractivity contribution is 8.13. The molecule has 1 N–H and O–H groups in total. The van der Waals surface area contributed by atoms with Gasteiger partial charge >= 0.3 is 0 Å². The first-order valence-corrected chi connectivity index (χ1v) is 8.82. The van der Waals surface area contributed by atoms with Gasteiger partial charge in [0.05, 0.1) is 0 Å². The molecule has 106 valence electrons. The molecule has 2 unspecified atom stereocenters. The number of thioether (sulfide) groups is 1. The van der Waals surface area contributed by atoms with E-state index in [-0.39, 0.29) is 0 Å². The van der Waals surface area contributed by atoms with E-state index in [1.54, 1.807) is 0 Å². The lowest BCUT2D eigenvalue weighted by Gasteiger charge is -2.31. The first kappa shape index (κ1) is 12.8. The van der Waals surface area contributed by atoms with Gasteiger partial charge in [0, 0.05) is 24.3 Å². The van der Waals surface area contributed by atoms with Crippen molar-refractivity contribution in [1.29, 1.82) is 0 Å². The van der Waals surface area contributed by atoms with E-state index in [9.17, 15) is 0 Å². The maximum atomic E-state index is 4.84. The third-order valence-electron chi connectivity index (χ3n) is 5.06. The Balaban J connectivity index is 1.34. The van der Waals surface area contributed by atoms with Crippen molar-refractivity contribution in [3.63, 3.8) is 0 Å². The Morgan fingerprint density at radius 3 is 2.65 bits per heavy atom. The maximum Gasteiger partial charge on any atom is 0.156 e. The van der Waals surface area contributed by atoms with Crippen molar-refractivity contribution in [2.45, 2.75) is 44.1 Å². The van der Waals surface area contributed by atoms with Crippen molar-refractivity contribution in [3.05, 3.63) is 35.9 Å². The zero-order chi connectivity index (χ0) is 13.4. The van der Waals surface area contributed by atoms with Crippen molar-refractivity contribution < 1.29 is 0 Å². The summed E-state index contributed by atoms with van der Waals surface area (Å²) in [5, 5.41) is 4.86. The van der Waals surface area contributed by atoms with E-state index < -0.39 is 0 Å². The fourth-order valence-corrected chi connectivity index (χ4v) is 4.86. The summed E-state index contributed by atoms with van der Waals surface area (Å²) < 4.78 is 0. The lowest BCUT2D eigenvalue weighted by molar-refractivity contribution is 0.358. The predicted molar refractivity (Wildman–Crippen MR) is 86.4 cm³/mol. The quantitative estimate of drug-likeness (QED) is 0.894. The molecule has 2 nitrogen and oxygen atoms in total. The lowest BCUT2D eigenvalue weighted by atomic mass is 9.89. The monoisotopic (exact) mass is 286 g/mol. The van der Waals surface area contributed by atoms with Crippen molar-refractivity contribution >= 4 is 16.9 Å². The third-order valence-corrected chi connectivity index (χ3v) is 6.34. The predicted octanol–water partition coefficient (Wildman–Crippen LogP) is 3.80. The lowest BCUT2D eigenvalue weighted by Crippen LogP contribution is -2.34. The van der Waals surface area contributed by atoms with Crippen LogP contribution in [0.15, 0.2) is 35.3 Å². The molecule has 3 heteroatoms. The molecule has 2 atom stereocenters. The van der Waals surface area contributed by atoms with Crippen molar-refractivity contribution in [1.82, 2.24) is 5.32 Å². The Kier molecular flexibility index (Phi) is 3.25. The van der Waals surface area contributed by atoms with Crippen molar-refractivity contribution in [3.8, 4) is 0 Å². The molecule has 2 saturated carbocycles. The molecule has 2 aliphatic carbocycles. The van der Waals surface area contributed by atoms with Crippen LogP contribution in [0.1, 0.15) is 43.6 Å². The summed E-state index contributed by atoms with van der Waals surface area (Å²) in [6.45, 7) is 1.06. The average Bonchev–Trinajstić information content (AvgIpc) is 3.12. The van der Waals surface area contributed by atoms with E-state index in [1.165, 1.54) is 48.6 Å².